The largest absolute Gasteiger partial charge is 0.497 e. The lowest BCUT2D eigenvalue weighted by atomic mass is 9.98. The lowest BCUT2D eigenvalue weighted by Crippen LogP contribution is -2.41. The van der Waals surface area contributed by atoms with Crippen molar-refractivity contribution in [1.82, 2.24) is 4.90 Å². The van der Waals surface area contributed by atoms with Crippen molar-refractivity contribution in [3.8, 4) is 11.5 Å². The van der Waals surface area contributed by atoms with Gasteiger partial charge < -0.3 is 14.4 Å². The molecule has 4 nitrogen and oxygen atoms in total. The minimum atomic E-state index is 0.136. The molecule has 1 unspecified atom stereocenters. The molecule has 1 amide bonds. The summed E-state index contributed by atoms with van der Waals surface area (Å²) in [5, 5.41) is 3.86. The first-order chi connectivity index (χ1) is 11.3. The smallest absolute Gasteiger partial charge is 0.254 e. The third-order valence-electron chi connectivity index (χ3n) is 4.10. The predicted molar refractivity (Wildman–Crippen MR) is 91.4 cm³/mol. The molecule has 122 valence electrons. The summed E-state index contributed by atoms with van der Waals surface area (Å²) in [4.78, 5) is 14.4. The van der Waals surface area contributed by atoms with Gasteiger partial charge in [-0.3, -0.25) is 4.79 Å². The van der Waals surface area contributed by atoms with Gasteiger partial charge in [0.25, 0.3) is 5.91 Å². The first-order valence-electron chi connectivity index (χ1n) is 7.84. The molecule has 5 heteroatoms. The van der Waals surface area contributed by atoms with Gasteiger partial charge in [-0.25, -0.2) is 0 Å². The van der Waals surface area contributed by atoms with E-state index in [4.69, 9.17) is 9.47 Å². The Hall–Kier alpha value is -2.01. The molecule has 0 saturated carbocycles. The van der Waals surface area contributed by atoms with Gasteiger partial charge in [-0.05, 0) is 36.4 Å². The standard InChI is InChI=1S/C18H21NO3S/c1-21-16-5-2-6-17(10-16)22-12-14-4-3-8-19(11-14)18(20)15-7-9-23-13-15/h2,5-7,9-10,13-14H,3-4,8,11-12H2,1H3. The molecular weight excluding hydrogens is 310 g/mol. The summed E-state index contributed by atoms with van der Waals surface area (Å²) in [5.74, 6) is 2.11. The second kappa shape index (κ2) is 7.51. The Morgan fingerprint density at radius 3 is 3.00 bits per heavy atom. The van der Waals surface area contributed by atoms with Crippen molar-refractivity contribution in [3.63, 3.8) is 0 Å². The second-order valence-electron chi connectivity index (χ2n) is 5.76. The van der Waals surface area contributed by atoms with Gasteiger partial charge >= 0.3 is 0 Å². The van der Waals surface area contributed by atoms with Gasteiger partial charge in [0.1, 0.15) is 11.5 Å². The Bertz CT molecular complexity index is 641. The van der Waals surface area contributed by atoms with E-state index >= 15 is 0 Å². The van der Waals surface area contributed by atoms with E-state index in [1.54, 1.807) is 18.4 Å². The van der Waals surface area contributed by atoms with E-state index in [0.29, 0.717) is 12.5 Å². The monoisotopic (exact) mass is 331 g/mol. The van der Waals surface area contributed by atoms with Crippen LogP contribution in [-0.4, -0.2) is 37.6 Å². The van der Waals surface area contributed by atoms with Gasteiger partial charge in [-0.1, -0.05) is 6.07 Å². The quantitative estimate of drug-likeness (QED) is 0.839. The number of nitrogens with zero attached hydrogens (tertiary/aromatic N) is 1. The van der Waals surface area contributed by atoms with Crippen molar-refractivity contribution in [2.45, 2.75) is 12.8 Å². The number of rotatable bonds is 5. The Kier molecular flexibility index (Phi) is 5.18. The lowest BCUT2D eigenvalue weighted by Gasteiger charge is -2.32. The summed E-state index contributed by atoms with van der Waals surface area (Å²) in [5.41, 5.74) is 0.796. The van der Waals surface area contributed by atoms with Crippen LogP contribution in [0.1, 0.15) is 23.2 Å². The fourth-order valence-electron chi connectivity index (χ4n) is 2.86. The van der Waals surface area contributed by atoms with E-state index in [-0.39, 0.29) is 5.91 Å². The number of carbonyl (C=O) groups excluding carboxylic acids is 1. The highest BCUT2D eigenvalue weighted by Crippen LogP contribution is 2.23. The number of likely N-dealkylation sites (tertiary alicyclic amines) is 1. The average Bonchev–Trinajstić information content (AvgIpc) is 3.14. The van der Waals surface area contributed by atoms with Crippen LogP contribution in [0.2, 0.25) is 0 Å². The Labute approximate surface area is 140 Å². The molecule has 0 bridgehead atoms. The number of benzene rings is 1. The van der Waals surface area contributed by atoms with Crippen LogP contribution >= 0.6 is 11.3 Å². The normalized spacial score (nSPS) is 17.8. The van der Waals surface area contributed by atoms with E-state index in [1.807, 2.05) is 46.0 Å². The fourth-order valence-corrected chi connectivity index (χ4v) is 3.49. The zero-order valence-electron chi connectivity index (χ0n) is 13.2. The fraction of sp³-hybridized carbons (Fsp3) is 0.389. The van der Waals surface area contributed by atoms with Crippen LogP contribution in [0, 0.1) is 5.92 Å². The maximum absolute atomic E-state index is 12.4. The maximum Gasteiger partial charge on any atom is 0.254 e. The summed E-state index contributed by atoms with van der Waals surface area (Å²) in [6.07, 6.45) is 2.12. The minimum absolute atomic E-state index is 0.136. The summed E-state index contributed by atoms with van der Waals surface area (Å²) < 4.78 is 11.1. The number of methoxy groups -OCH3 is 1. The first kappa shape index (κ1) is 15.9. The summed E-state index contributed by atoms with van der Waals surface area (Å²) in [7, 11) is 1.65. The number of ether oxygens (including phenoxy) is 2. The average molecular weight is 331 g/mol. The molecule has 0 aliphatic carbocycles. The van der Waals surface area contributed by atoms with Crippen molar-refractivity contribution in [1.29, 1.82) is 0 Å². The second-order valence-corrected chi connectivity index (χ2v) is 6.54. The first-order valence-corrected chi connectivity index (χ1v) is 8.79. The van der Waals surface area contributed by atoms with E-state index in [9.17, 15) is 4.79 Å². The molecule has 0 spiro atoms. The van der Waals surface area contributed by atoms with Crippen molar-refractivity contribution in [3.05, 3.63) is 46.7 Å². The van der Waals surface area contributed by atoms with Crippen molar-refractivity contribution in [2.75, 3.05) is 26.8 Å². The Morgan fingerprint density at radius 2 is 2.22 bits per heavy atom. The van der Waals surface area contributed by atoms with Crippen LogP contribution in [0.4, 0.5) is 0 Å². The van der Waals surface area contributed by atoms with Crippen LogP contribution < -0.4 is 9.47 Å². The number of carbonyl (C=O) groups is 1. The Balaban J connectivity index is 1.55. The molecule has 1 atom stereocenters. The van der Waals surface area contributed by atoms with Crippen LogP contribution in [0.3, 0.4) is 0 Å². The van der Waals surface area contributed by atoms with Crippen LogP contribution in [0.25, 0.3) is 0 Å². The lowest BCUT2D eigenvalue weighted by molar-refractivity contribution is 0.0634. The SMILES string of the molecule is COc1cccc(OCC2CCCN(C(=O)c3ccsc3)C2)c1. The maximum atomic E-state index is 12.4. The van der Waals surface area contributed by atoms with Crippen molar-refractivity contribution < 1.29 is 14.3 Å². The molecule has 0 radical (unpaired) electrons. The van der Waals surface area contributed by atoms with E-state index in [1.165, 1.54) is 0 Å². The molecule has 1 aliphatic rings. The highest BCUT2D eigenvalue weighted by atomic mass is 32.1. The minimum Gasteiger partial charge on any atom is -0.497 e. The molecule has 1 fully saturated rings. The molecule has 1 aliphatic heterocycles. The topological polar surface area (TPSA) is 38.8 Å². The molecule has 2 aromatic rings. The third-order valence-corrected chi connectivity index (χ3v) is 4.78. The van der Waals surface area contributed by atoms with Gasteiger partial charge in [-0.15, -0.1) is 0 Å². The number of hydrogen-bond donors (Lipinski definition) is 0. The van der Waals surface area contributed by atoms with Crippen molar-refractivity contribution in [2.24, 2.45) is 5.92 Å². The van der Waals surface area contributed by atoms with E-state index in [0.717, 1.165) is 43.0 Å². The molecule has 23 heavy (non-hydrogen) atoms. The molecule has 3 rings (SSSR count). The zero-order valence-corrected chi connectivity index (χ0v) is 14.1. The van der Waals surface area contributed by atoms with E-state index < -0.39 is 0 Å². The number of hydrogen-bond acceptors (Lipinski definition) is 4. The van der Waals surface area contributed by atoms with Gasteiger partial charge in [0.05, 0.1) is 19.3 Å². The van der Waals surface area contributed by atoms with Crippen LogP contribution in [0.5, 0.6) is 11.5 Å². The molecule has 1 aromatic heterocycles. The number of thiophene rings is 1. The highest BCUT2D eigenvalue weighted by Gasteiger charge is 2.25. The molecule has 1 aromatic carbocycles. The Morgan fingerprint density at radius 1 is 1.35 bits per heavy atom. The van der Waals surface area contributed by atoms with E-state index in [2.05, 4.69) is 0 Å². The van der Waals surface area contributed by atoms with Crippen LogP contribution in [0.15, 0.2) is 41.1 Å². The van der Waals surface area contributed by atoms with Crippen molar-refractivity contribution >= 4 is 17.2 Å². The summed E-state index contributed by atoms with van der Waals surface area (Å²) in [6.45, 7) is 2.23. The summed E-state index contributed by atoms with van der Waals surface area (Å²) >= 11 is 1.56. The molecule has 1 saturated heterocycles. The van der Waals surface area contributed by atoms with Gasteiger partial charge in [-0.2, -0.15) is 11.3 Å². The number of amides is 1. The number of piperidine rings is 1. The van der Waals surface area contributed by atoms with Gasteiger partial charge in [0.15, 0.2) is 0 Å². The van der Waals surface area contributed by atoms with Crippen LogP contribution in [-0.2, 0) is 0 Å². The zero-order chi connectivity index (χ0) is 16.1. The molecule has 0 N–H and O–H groups in total. The summed E-state index contributed by atoms with van der Waals surface area (Å²) in [6, 6.07) is 9.52. The predicted octanol–water partition coefficient (Wildman–Crippen LogP) is 3.69. The van der Waals surface area contributed by atoms with Gasteiger partial charge in [0, 0.05) is 30.5 Å². The third kappa shape index (κ3) is 4.05. The molecule has 2 heterocycles. The van der Waals surface area contributed by atoms with Gasteiger partial charge in [0.2, 0.25) is 0 Å². The molecular formula is C18H21NO3S. The highest BCUT2D eigenvalue weighted by molar-refractivity contribution is 7.08.